The van der Waals surface area contributed by atoms with E-state index in [2.05, 4.69) is 31.1 Å². The number of nitrogens with one attached hydrogen (secondary N) is 1. The summed E-state index contributed by atoms with van der Waals surface area (Å²) in [5, 5.41) is 21.4. The molecule has 6 nitrogen and oxygen atoms in total. The molecular weight excluding hydrogens is 382 g/mol. The number of nitrogens with zero attached hydrogens (tertiary/aromatic N) is 2. The van der Waals surface area contributed by atoms with Gasteiger partial charge in [-0.1, -0.05) is 32.1 Å². The first-order chi connectivity index (χ1) is 12.8. The third-order valence-corrected chi connectivity index (χ3v) is 7.09. The largest absolute Gasteiger partial charge is 0.368 e. The molecule has 27 heavy (non-hydrogen) atoms. The molecule has 0 spiro atoms. The van der Waals surface area contributed by atoms with Crippen molar-refractivity contribution in [1.82, 2.24) is 9.88 Å². The molecular formula is C19H33N3O3S2. The first-order valence-corrected chi connectivity index (χ1v) is 11.7. The zero-order valence-electron chi connectivity index (χ0n) is 16.6. The number of hydrogen-bond acceptors (Lipinski definition) is 6. The van der Waals surface area contributed by atoms with Crippen molar-refractivity contribution in [2.75, 3.05) is 17.6 Å². The highest BCUT2D eigenvalue weighted by molar-refractivity contribution is 8.01. The highest BCUT2D eigenvalue weighted by Gasteiger charge is 2.28. The number of carbonyl (C=O) groups excluding carboxylic acids is 1. The Labute approximate surface area is 170 Å². The van der Waals surface area contributed by atoms with E-state index in [9.17, 15) is 4.79 Å². The molecule has 1 aliphatic rings. The summed E-state index contributed by atoms with van der Waals surface area (Å²) in [6.45, 7) is 7.45. The van der Waals surface area contributed by atoms with Crippen LogP contribution in [0.4, 0.5) is 9.93 Å². The Morgan fingerprint density at radius 1 is 1.33 bits per heavy atom. The number of thiazole rings is 1. The van der Waals surface area contributed by atoms with Crippen molar-refractivity contribution in [2.45, 2.75) is 75.8 Å². The van der Waals surface area contributed by atoms with Crippen LogP contribution in [0.3, 0.4) is 0 Å². The number of aliphatic hydroxyl groups excluding tert-OH is 1. The molecule has 1 heterocycles. The van der Waals surface area contributed by atoms with Gasteiger partial charge >= 0.3 is 6.03 Å². The second kappa shape index (κ2) is 11.2. The number of hydrogen-bond donors (Lipinski definition) is 3. The van der Waals surface area contributed by atoms with Crippen LogP contribution >= 0.6 is 23.1 Å². The third kappa shape index (κ3) is 7.97. The van der Waals surface area contributed by atoms with E-state index in [1.807, 2.05) is 4.90 Å². The van der Waals surface area contributed by atoms with Gasteiger partial charge in [-0.25, -0.2) is 9.78 Å². The van der Waals surface area contributed by atoms with E-state index in [0.717, 1.165) is 35.9 Å². The molecule has 2 amide bonds. The highest BCUT2D eigenvalue weighted by Crippen LogP contribution is 2.31. The lowest BCUT2D eigenvalue weighted by molar-refractivity contribution is -0.0404. The van der Waals surface area contributed by atoms with Gasteiger partial charge in [0.05, 0.1) is 10.4 Å². The van der Waals surface area contributed by atoms with E-state index in [1.54, 1.807) is 6.20 Å². The van der Waals surface area contributed by atoms with E-state index >= 15 is 0 Å². The van der Waals surface area contributed by atoms with Gasteiger partial charge < -0.3 is 15.1 Å². The third-order valence-electron chi connectivity index (χ3n) is 4.95. The summed E-state index contributed by atoms with van der Waals surface area (Å²) in [5.41, 5.74) is 0. The van der Waals surface area contributed by atoms with Crippen molar-refractivity contribution in [3.63, 3.8) is 0 Å². The van der Waals surface area contributed by atoms with Crippen molar-refractivity contribution in [3.05, 3.63) is 6.20 Å². The molecule has 3 N–H and O–H groups in total. The van der Waals surface area contributed by atoms with Crippen LogP contribution in [0.5, 0.6) is 0 Å². The van der Waals surface area contributed by atoms with E-state index < -0.39 is 6.29 Å². The number of amides is 2. The molecule has 0 aromatic carbocycles. The van der Waals surface area contributed by atoms with E-state index in [-0.39, 0.29) is 6.03 Å². The zero-order chi connectivity index (χ0) is 19.8. The van der Waals surface area contributed by atoms with Gasteiger partial charge in [0.2, 0.25) is 0 Å². The number of urea groups is 1. The summed E-state index contributed by atoms with van der Waals surface area (Å²) < 4.78 is 0.964. The fourth-order valence-electron chi connectivity index (χ4n) is 3.21. The van der Waals surface area contributed by atoms with Crippen molar-refractivity contribution in [3.8, 4) is 0 Å². The quantitative estimate of drug-likeness (QED) is 0.411. The van der Waals surface area contributed by atoms with E-state index in [0.29, 0.717) is 29.3 Å². The molecule has 1 fully saturated rings. The van der Waals surface area contributed by atoms with Crippen molar-refractivity contribution in [2.24, 2.45) is 11.8 Å². The number of carbonyl (C=O) groups is 1. The molecule has 0 unspecified atom stereocenters. The predicted molar refractivity (Wildman–Crippen MR) is 112 cm³/mol. The normalized spacial score (nSPS) is 20.3. The molecule has 154 valence electrons. The Balaban J connectivity index is 1.93. The topological polar surface area (TPSA) is 85.7 Å². The van der Waals surface area contributed by atoms with Crippen LogP contribution in [0.15, 0.2) is 10.4 Å². The minimum atomic E-state index is -1.28. The average molecular weight is 416 g/mol. The predicted octanol–water partition coefficient (Wildman–Crippen LogP) is 4.39. The maximum absolute atomic E-state index is 12.9. The molecule has 1 aliphatic carbocycles. The standard InChI is InChI=1S/C19H33N3O3S2/c1-13(2)8-10-22(15-6-4-14(3)5-7-15)19(25)21-18-20-12-17(27-18)26-11-9-16(23)24/h12-16,23-24H,4-11H2,1-3H3,(H,20,21,25). The summed E-state index contributed by atoms with van der Waals surface area (Å²) in [5.74, 6) is 1.92. The maximum atomic E-state index is 12.9. The van der Waals surface area contributed by atoms with Crippen LogP contribution < -0.4 is 5.32 Å². The maximum Gasteiger partial charge on any atom is 0.323 e. The molecule has 0 aliphatic heterocycles. The minimum Gasteiger partial charge on any atom is -0.368 e. The zero-order valence-corrected chi connectivity index (χ0v) is 18.2. The van der Waals surface area contributed by atoms with Crippen LogP contribution in [0.2, 0.25) is 0 Å². The van der Waals surface area contributed by atoms with Gasteiger partial charge in [-0.05, 0) is 43.9 Å². The van der Waals surface area contributed by atoms with Gasteiger partial charge in [0.15, 0.2) is 11.4 Å². The lowest BCUT2D eigenvalue weighted by Crippen LogP contribution is -2.45. The van der Waals surface area contributed by atoms with Gasteiger partial charge in [0.1, 0.15) is 0 Å². The van der Waals surface area contributed by atoms with Crippen molar-refractivity contribution >= 4 is 34.3 Å². The Hall–Kier alpha value is -0.830. The first-order valence-electron chi connectivity index (χ1n) is 9.87. The van der Waals surface area contributed by atoms with Gasteiger partial charge in [0, 0.05) is 24.8 Å². The molecule has 0 radical (unpaired) electrons. The Morgan fingerprint density at radius 3 is 2.67 bits per heavy atom. The molecule has 2 rings (SSSR count). The van der Waals surface area contributed by atoms with Crippen LogP contribution in [0.1, 0.15) is 59.3 Å². The monoisotopic (exact) mass is 415 g/mol. The Morgan fingerprint density at radius 2 is 2.04 bits per heavy atom. The van der Waals surface area contributed by atoms with Crippen molar-refractivity contribution < 1.29 is 15.0 Å². The number of rotatable bonds is 9. The lowest BCUT2D eigenvalue weighted by atomic mass is 9.86. The smallest absolute Gasteiger partial charge is 0.323 e. The molecule has 1 aromatic heterocycles. The number of anilines is 1. The Kier molecular flexibility index (Phi) is 9.35. The van der Waals surface area contributed by atoms with Gasteiger partial charge in [0.25, 0.3) is 0 Å². The van der Waals surface area contributed by atoms with Crippen LogP contribution in [0.25, 0.3) is 0 Å². The Bertz CT molecular complexity index is 572. The van der Waals surface area contributed by atoms with Crippen LogP contribution in [-0.4, -0.2) is 50.8 Å². The summed E-state index contributed by atoms with van der Waals surface area (Å²) in [7, 11) is 0. The summed E-state index contributed by atoms with van der Waals surface area (Å²) in [6.07, 6.45) is 6.29. The average Bonchev–Trinajstić information content (AvgIpc) is 3.03. The molecule has 0 bridgehead atoms. The molecule has 0 saturated heterocycles. The van der Waals surface area contributed by atoms with Gasteiger partial charge in [-0.3, -0.25) is 5.32 Å². The SMILES string of the molecule is CC(C)CCN(C(=O)Nc1ncc(SCCC(O)O)s1)C1CCC(C)CC1. The lowest BCUT2D eigenvalue weighted by Gasteiger charge is -2.36. The number of thioether (sulfide) groups is 1. The van der Waals surface area contributed by atoms with Crippen molar-refractivity contribution in [1.29, 1.82) is 0 Å². The molecule has 0 atom stereocenters. The van der Waals surface area contributed by atoms with E-state index in [1.165, 1.54) is 35.9 Å². The second-order valence-corrected chi connectivity index (χ2v) is 10.2. The van der Waals surface area contributed by atoms with Crippen LogP contribution in [0, 0.1) is 11.8 Å². The van der Waals surface area contributed by atoms with E-state index in [4.69, 9.17) is 10.2 Å². The minimum absolute atomic E-state index is 0.0492. The summed E-state index contributed by atoms with van der Waals surface area (Å²) >= 11 is 2.95. The summed E-state index contributed by atoms with van der Waals surface area (Å²) in [4.78, 5) is 19.2. The first kappa shape index (κ1) is 22.5. The highest BCUT2D eigenvalue weighted by atomic mass is 32.2. The van der Waals surface area contributed by atoms with Gasteiger partial charge in [-0.15, -0.1) is 11.8 Å². The molecule has 8 heteroatoms. The number of aromatic nitrogens is 1. The fraction of sp³-hybridized carbons (Fsp3) is 0.789. The van der Waals surface area contributed by atoms with Gasteiger partial charge in [-0.2, -0.15) is 0 Å². The fourth-order valence-corrected chi connectivity index (χ4v) is 5.13. The molecule has 1 aromatic rings. The molecule has 1 saturated carbocycles. The second-order valence-electron chi connectivity index (χ2n) is 7.82. The number of aliphatic hydroxyl groups is 2. The summed E-state index contributed by atoms with van der Waals surface area (Å²) in [6, 6.07) is 0.270. The van der Waals surface area contributed by atoms with Crippen LogP contribution in [-0.2, 0) is 0 Å².